The largest absolute Gasteiger partial charge is 1.00 e. The fraction of sp³-hybridized carbons (Fsp3) is 0.143. The number of sulfonamides is 2. The molecule has 6 nitrogen and oxygen atoms in total. The molecule has 0 aliphatic carbocycles. The van der Waals surface area contributed by atoms with Crippen molar-refractivity contribution in [1.82, 2.24) is 4.24 Å². The third-order valence-corrected chi connectivity index (χ3v) is 6.14. The molecule has 0 radical (unpaired) electrons. The first kappa shape index (κ1) is 29.0. The Bertz CT molecular complexity index is 807. The van der Waals surface area contributed by atoms with Gasteiger partial charge in [0, 0.05) is 4.90 Å². The van der Waals surface area contributed by atoms with Gasteiger partial charge in [0.2, 0.25) is 0 Å². The molecular formula is C14H16Cl2N2Na2O4S2. The zero-order valence-corrected chi connectivity index (χ0v) is 21.9. The summed E-state index contributed by atoms with van der Waals surface area (Å²) in [5, 5.41) is 0. The minimum Gasteiger partial charge on any atom is -1.00 e. The van der Waals surface area contributed by atoms with Crippen LogP contribution < -0.4 is 63.4 Å². The molecule has 0 spiro atoms. The number of hydrogen-bond acceptors (Lipinski definition) is 4. The van der Waals surface area contributed by atoms with Crippen molar-refractivity contribution in [3.05, 3.63) is 63.9 Å². The molecule has 0 amide bonds. The van der Waals surface area contributed by atoms with Gasteiger partial charge in [0.1, 0.15) is 10.0 Å². The average Bonchev–Trinajstić information content (AvgIpc) is 2.56. The Morgan fingerprint density at radius 1 is 0.808 bits per heavy atom. The van der Waals surface area contributed by atoms with Gasteiger partial charge in [-0.1, -0.05) is 35.4 Å². The zero-order chi connectivity index (χ0) is 18.4. The molecule has 12 heteroatoms. The minimum absolute atomic E-state index is 0. The number of halogens is 2. The van der Waals surface area contributed by atoms with Crippen molar-refractivity contribution in [2.75, 3.05) is 0 Å². The second-order valence-corrected chi connectivity index (χ2v) is 8.82. The maximum atomic E-state index is 11.1. The van der Waals surface area contributed by atoms with Gasteiger partial charge in [-0.2, -0.15) is 0 Å². The molecule has 134 valence electrons. The van der Waals surface area contributed by atoms with Gasteiger partial charge in [-0.3, -0.25) is 11.8 Å². The summed E-state index contributed by atoms with van der Waals surface area (Å²) in [5.74, 6) is 0. The third-order valence-electron chi connectivity index (χ3n) is 2.84. The molecule has 0 heterocycles. The van der Waals surface area contributed by atoms with Crippen molar-refractivity contribution in [2.45, 2.75) is 23.6 Å². The summed E-state index contributed by atoms with van der Waals surface area (Å²) < 4.78 is 48.7. The van der Waals surface area contributed by atoms with Crippen molar-refractivity contribution in [2.24, 2.45) is 0 Å². The molecule has 0 fully saturated rings. The Labute approximate surface area is 210 Å². The zero-order valence-electron chi connectivity index (χ0n) is 15.8. The normalized spacial score (nSPS) is 10.6. The van der Waals surface area contributed by atoms with Crippen molar-refractivity contribution in [3.63, 3.8) is 0 Å². The van der Waals surface area contributed by atoms with E-state index in [0.717, 1.165) is 11.1 Å². The van der Waals surface area contributed by atoms with E-state index in [1.54, 1.807) is 28.5 Å². The van der Waals surface area contributed by atoms with Crippen LogP contribution in [0.1, 0.15) is 12.6 Å². The first-order valence-electron chi connectivity index (χ1n) is 6.46. The fourth-order valence-corrected chi connectivity index (χ4v) is 3.16. The number of nitrogens with one attached hydrogen (secondary N) is 1. The first-order chi connectivity index (χ1) is 11.1. The molecule has 2 aromatic carbocycles. The molecule has 1 N–H and O–H groups in total. The molecule has 0 aliphatic heterocycles. The number of nitrogens with zero attached hydrogens (tertiary/aromatic N) is 1. The maximum Gasteiger partial charge on any atom is 1.00 e. The first-order valence-corrected chi connectivity index (χ1v) is 10.1. The van der Waals surface area contributed by atoms with Gasteiger partial charge in [-0.25, -0.2) is 16.8 Å². The van der Waals surface area contributed by atoms with E-state index in [1.807, 2.05) is 13.8 Å². The summed E-state index contributed by atoms with van der Waals surface area (Å²) in [6.45, 7) is 3.75. The summed E-state index contributed by atoms with van der Waals surface area (Å²) in [6.07, 6.45) is 0. The van der Waals surface area contributed by atoms with E-state index in [9.17, 15) is 16.8 Å². The molecule has 0 bridgehead atoms. The van der Waals surface area contributed by atoms with E-state index in [2.05, 4.69) is 4.24 Å². The van der Waals surface area contributed by atoms with Crippen LogP contribution in [0.25, 0.3) is 4.24 Å². The Morgan fingerprint density at radius 3 is 1.46 bits per heavy atom. The third kappa shape index (κ3) is 9.36. The SMILES string of the molecule is Cc1ccc(S(=O)(=O)NCl)cc1.Cc1ccc(S(=O)(=O)[N-]Cl)cc1.[H-].[Na+].[Na+]. The molecule has 0 unspecified atom stereocenters. The molecule has 0 aliphatic rings. The van der Waals surface area contributed by atoms with E-state index in [4.69, 9.17) is 23.6 Å². The summed E-state index contributed by atoms with van der Waals surface area (Å²) >= 11 is 9.93. The second-order valence-electron chi connectivity index (χ2n) is 4.75. The number of rotatable bonds is 4. The molecule has 26 heavy (non-hydrogen) atoms. The average molecular weight is 457 g/mol. The van der Waals surface area contributed by atoms with Crippen LogP contribution in [0.3, 0.4) is 0 Å². The van der Waals surface area contributed by atoms with Crippen molar-refractivity contribution < 1.29 is 77.4 Å². The van der Waals surface area contributed by atoms with Crippen LogP contribution in [0.15, 0.2) is 58.3 Å². The van der Waals surface area contributed by atoms with Crippen LogP contribution in [0, 0.1) is 13.8 Å². The van der Waals surface area contributed by atoms with E-state index >= 15 is 0 Å². The van der Waals surface area contributed by atoms with Crippen molar-refractivity contribution >= 4 is 43.6 Å². The predicted octanol–water partition coefficient (Wildman–Crippen LogP) is -2.24. The minimum atomic E-state index is -3.62. The van der Waals surface area contributed by atoms with E-state index in [-0.39, 0.29) is 70.3 Å². The van der Waals surface area contributed by atoms with E-state index in [0.29, 0.717) is 0 Å². The summed E-state index contributed by atoms with van der Waals surface area (Å²) in [4.78, 5) is 0.284. The molecule has 0 aromatic heterocycles. The Kier molecular flexibility index (Phi) is 14.7. The van der Waals surface area contributed by atoms with E-state index in [1.165, 1.54) is 24.3 Å². The molecule has 2 aromatic rings. The molecule has 0 saturated carbocycles. The number of aryl methyl sites for hydroxylation is 2. The Morgan fingerprint density at radius 2 is 1.15 bits per heavy atom. The van der Waals surface area contributed by atoms with Crippen LogP contribution in [0.5, 0.6) is 0 Å². The standard InChI is InChI=1S/C7H8ClNO2S.C7H7ClNO2S.2Na.H/c2*1-6-2-4-7(5-3-6)12(10,11)9-8;;;/h2-5,9H,1H3;2-5H,1H3;;;/q;-1;2*+1;-1. The van der Waals surface area contributed by atoms with Gasteiger partial charge in [0.05, 0.1) is 4.90 Å². The van der Waals surface area contributed by atoms with Crippen LogP contribution in [-0.2, 0) is 20.0 Å². The van der Waals surface area contributed by atoms with Gasteiger partial charge in [-0.15, -0.1) is 4.24 Å². The van der Waals surface area contributed by atoms with Gasteiger partial charge in [0.25, 0.3) is 10.0 Å². The molecule has 2 rings (SSSR count). The van der Waals surface area contributed by atoms with Crippen LogP contribution in [0.2, 0.25) is 0 Å². The fourth-order valence-electron chi connectivity index (χ4n) is 1.51. The summed E-state index contributed by atoms with van der Waals surface area (Å²) in [5.41, 5.74) is 1.99. The molecule has 0 atom stereocenters. The van der Waals surface area contributed by atoms with Crippen LogP contribution in [0.4, 0.5) is 0 Å². The van der Waals surface area contributed by atoms with E-state index < -0.39 is 20.0 Å². The predicted molar refractivity (Wildman–Crippen MR) is 96.0 cm³/mol. The second kappa shape index (κ2) is 13.1. The van der Waals surface area contributed by atoms with Gasteiger partial charge in [-0.05, 0) is 49.9 Å². The van der Waals surface area contributed by atoms with Crippen molar-refractivity contribution in [3.8, 4) is 0 Å². The van der Waals surface area contributed by atoms with Crippen LogP contribution >= 0.6 is 23.6 Å². The Hall–Kier alpha value is 0.840. The smallest absolute Gasteiger partial charge is 1.00 e. The number of hydrogen-bond donors (Lipinski definition) is 1. The van der Waals surface area contributed by atoms with Crippen LogP contribution in [-0.4, -0.2) is 16.8 Å². The maximum absolute atomic E-state index is 11.1. The van der Waals surface area contributed by atoms with Gasteiger partial charge < -0.3 is 5.67 Å². The quantitative estimate of drug-likeness (QED) is 0.415. The topological polar surface area (TPSA) is 94.4 Å². The van der Waals surface area contributed by atoms with Gasteiger partial charge >= 0.3 is 59.1 Å². The monoisotopic (exact) mass is 456 g/mol. The van der Waals surface area contributed by atoms with Gasteiger partial charge in [0.15, 0.2) is 0 Å². The van der Waals surface area contributed by atoms with Crippen molar-refractivity contribution in [1.29, 1.82) is 0 Å². The summed E-state index contributed by atoms with van der Waals surface area (Å²) in [7, 11) is -7.12. The molecular weight excluding hydrogens is 441 g/mol. The Balaban J connectivity index is -0.000000384. The number of benzene rings is 2. The summed E-state index contributed by atoms with van der Waals surface area (Å²) in [6, 6.07) is 12.7. The molecule has 0 saturated heterocycles.